The van der Waals surface area contributed by atoms with Gasteiger partial charge in [0.15, 0.2) is 0 Å². The third-order valence-corrected chi connectivity index (χ3v) is 4.77. The molecule has 0 N–H and O–H groups in total. The number of esters is 2. The molecule has 29 heavy (non-hydrogen) atoms. The van der Waals surface area contributed by atoms with Crippen molar-refractivity contribution >= 4 is 49.5 Å². The van der Waals surface area contributed by atoms with E-state index in [9.17, 15) is 19.7 Å². The quantitative estimate of drug-likeness (QED) is 0.189. The van der Waals surface area contributed by atoms with E-state index in [-0.39, 0.29) is 22.6 Å². The van der Waals surface area contributed by atoms with Crippen LogP contribution < -0.4 is 9.47 Å². The van der Waals surface area contributed by atoms with Gasteiger partial charge in [-0.2, -0.15) is 0 Å². The Hall–Kier alpha value is -3.04. The Morgan fingerprint density at radius 3 is 1.45 bits per heavy atom. The number of hydrogen-bond donors (Lipinski definition) is 0. The number of nitro groups is 1. The van der Waals surface area contributed by atoms with Gasteiger partial charge < -0.3 is 9.47 Å². The summed E-state index contributed by atoms with van der Waals surface area (Å²) in [6, 6.07) is 16.5. The molecule has 3 rings (SSSR count). The summed E-state index contributed by atoms with van der Waals surface area (Å²) in [5.74, 6) is -2.22. The Balaban J connectivity index is 1.88. The first-order chi connectivity index (χ1) is 13.8. The van der Waals surface area contributed by atoms with E-state index < -0.39 is 22.5 Å². The van der Waals surface area contributed by atoms with Gasteiger partial charge in [0, 0.05) is 8.95 Å². The number of rotatable bonds is 5. The first-order valence-electron chi connectivity index (χ1n) is 8.08. The van der Waals surface area contributed by atoms with Gasteiger partial charge in [-0.25, -0.2) is 9.59 Å². The molecule has 0 saturated heterocycles. The Bertz CT molecular complexity index is 1000. The minimum atomic E-state index is -0.781. The van der Waals surface area contributed by atoms with E-state index in [0.717, 1.165) is 8.95 Å². The lowest BCUT2D eigenvalue weighted by atomic mass is 10.2. The van der Waals surface area contributed by atoms with Crippen LogP contribution in [0.5, 0.6) is 11.5 Å². The Labute approximate surface area is 181 Å². The van der Waals surface area contributed by atoms with E-state index in [0.29, 0.717) is 0 Å². The highest BCUT2D eigenvalue weighted by Crippen LogP contribution is 2.37. The Morgan fingerprint density at radius 2 is 1.10 bits per heavy atom. The summed E-state index contributed by atoms with van der Waals surface area (Å²) in [6.45, 7) is 0. The number of benzene rings is 3. The third kappa shape index (κ3) is 5.07. The highest BCUT2D eigenvalue weighted by molar-refractivity contribution is 9.10. The van der Waals surface area contributed by atoms with Crippen LogP contribution in [0, 0.1) is 10.1 Å². The second-order valence-electron chi connectivity index (χ2n) is 5.65. The van der Waals surface area contributed by atoms with E-state index >= 15 is 0 Å². The van der Waals surface area contributed by atoms with Crippen LogP contribution in [-0.4, -0.2) is 16.9 Å². The average molecular weight is 521 g/mol. The van der Waals surface area contributed by atoms with Gasteiger partial charge >= 0.3 is 17.6 Å². The van der Waals surface area contributed by atoms with E-state index in [1.165, 1.54) is 42.5 Å². The van der Waals surface area contributed by atoms with Gasteiger partial charge in [0.25, 0.3) is 0 Å². The van der Waals surface area contributed by atoms with Gasteiger partial charge in [-0.3, -0.25) is 10.1 Å². The second kappa shape index (κ2) is 8.97. The maximum Gasteiger partial charge on any atom is 0.353 e. The number of halogens is 2. The fraction of sp³-hybridized carbons (Fsp3) is 0. The lowest BCUT2D eigenvalue weighted by molar-refractivity contribution is -0.386. The topological polar surface area (TPSA) is 95.7 Å². The van der Waals surface area contributed by atoms with Crippen LogP contribution in [0.15, 0.2) is 75.7 Å². The van der Waals surface area contributed by atoms with Crippen LogP contribution in [-0.2, 0) is 0 Å². The van der Waals surface area contributed by atoms with Crippen LogP contribution in [0.25, 0.3) is 0 Å². The fourth-order valence-electron chi connectivity index (χ4n) is 2.34. The van der Waals surface area contributed by atoms with Crippen molar-refractivity contribution in [2.24, 2.45) is 0 Å². The number of para-hydroxylation sites is 1. The summed E-state index contributed by atoms with van der Waals surface area (Å²) in [5.41, 5.74) is -0.206. The second-order valence-corrected chi connectivity index (χ2v) is 7.48. The molecule has 0 aliphatic rings. The molecule has 0 atom stereocenters. The van der Waals surface area contributed by atoms with Crippen molar-refractivity contribution in [3.63, 3.8) is 0 Å². The minimum Gasteiger partial charge on any atom is -0.415 e. The standard InChI is InChI=1S/C20H11Br2NO6/c21-14-8-4-12(5-9-14)19(24)28-16-2-1-3-17(18(16)23(26)27)29-20(25)13-6-10-15(22)11-7-13/h1-11H. The highest BCUT2D eigenvalue weighted by atomic mass is 79.9. The molecule has 0 aromatic heterocycles. The van der Waals surface area contributed by atoms with E-state index in [4.69, 9.17) is 9.47 Å². The maximum absolute atomic E-state index is 12.3. The zero-order valence-electron chi connectivity index (χ0n) is 14.5. The van der Waals surface area contributed by atoms with E-state index in [1.54, 1.807) is 24.3 Å². The first-order valence-corrected chi connectivity index (χ1v) is 9.66. The van der Waals surface area contributed by atoms with Crippen molar-refractivity contribution in [1.82, 2.24) is 0 Å². The van der Waals surface area contributed by atoms with Crippen LogP contribution in [0.1, 0.15) is 20.7 Å². The molecule has 0 radical (unpaired) electrons. The molecule has 0 saturated carbocycles. The molecule has 146 valence electrons. The first kappa shape index (κ1) is 20.7. The summed E-state index contributed by atoms with van der Waals surface area (Å²) in [7, 11) is 0. The monoisotopic (exact) mass is 519 g/mol. The summed E-state index contributed by atoms with van der Waals surface area (Å²) in [5, 5.41) is 11.6. The van der Waals surface area contributed by atoms with Crippen molar-refractivity contribution < 1.29 is 24.0 Å². The number of carbonyl (C=O) groups is 2. The number of nitro benzene ring substituents is 1. The van der Waals surface area contributed by atoms with E-state index in [1.807, 2.05) is 0 Å². The largest absolute Gasteiger partial charge is 0.415 e. The van der Waals surface area contributed by atoms with Gasteiger partial charge in [-0.1, -0.05) is 37.9 Å². The smallest absolute Gasteiger partial charge is 0.353 e. The molecular formula is C20H11Br2NO6. The summed E-state index contributed by atoms with van der Waals surface area (Å²) in [6.07, 6.45) is 0. The number of hydrogen-bond acceptors (Lipinski definition) is 6. The lowest BCUT2D eigenvalue weighted by Crippen LogP contribution is -2.12. The molecule has 3 aromatic carbocycles. The molecule has 7 nitrogen and oxygen atoms in total. The Morgan fingerprint density at radius 1 is 0.724 bits per heavy atom. The summed E-state index contributed by atoms with van der Waals surface area (Å²) >= 11 is 6.51. The molecule has 0 aliphatic carbocycles. The van der Waals surface area contributed by atoms with Crippen LogP contribution in [0.3, 0.4) is 0 Å². The molecule has 0 fully saturated rings. The fourth-order valence-corrected chi connectivity index (χ4v) is 2.87. The van der Waals surface area contributed by atoms with Crippen LogP contribution in [0.2, 0.25) is 0 Å². The van der Waals surface area contributed by atoms with Crippen molar-refractivity contribution in [1.29, 1.82) is 0 Å². The average Bonchev–Trinajstić information content (AvgIpc) is 2.68. The maximum atomic E-state index is 12.3. The summed E-state index contributed by atoms with van der Waals surface area (Å²) in [4.78, 5) is 35.4. The van der Waals surface area contributed by atoms with Gasteiger partial charge in [-0.15, -0.1) is 0 Å². The molecule has 9 heteroatoms. The third-order valence-electron chi connectivity index (χ3n) is 3.71. The molecule has 0 unspecified atom stereocenters. The van der Waals surface area contributed by atoms with Crippen LogP contribution in [0.4, 0.5) is 5.69 Å². The van der Waals surface area contributed by atoms with Crippen molar-refractivity contribution in [2.45, 2.75) is 0 Å². The molecule has 0 spiro atoms. The Kier molecular flexibility index (Phi) is 6.40. The predicted molar refractivity (Wildman–Crippen MR) is 111 cm³/mol. The minimum absolute atomic E-state index is 0.208. The molecule has 0 bridgehead atoms. The zero-order chi connectivity index (χ0) is 21.0. The number of nitrogens with zero attached hydrogens (tertiary/aromatic N) is 1. The number of carbonyl (C=O) groups excluding carboxylic acids is 2. The predicted octanol–water partition coefficient (Wildman–Crippen LogP) is 5.56. The van der Waals surface area contributed by atoms with Crippen LogP contribution >= 0.6 is 31.9 Å². The zero-order valence-corrected chi connectivity index (χ0v) is 17.7. The van der Waals surface area contributed by atoms with E-state index in [2.05, 4.69) is 31.9 Å². The van der Waals surface area contributed by atoms with Crippen molar-refractivity contribution in [2.75, 3.05) is 0 Å². The molecule has 3 aromatic rings. The van der Waals surface area contributed by atoms with Crippen molar-refractivity contribution in [3.8, 4) is 11.5 Å². The molecule has 0 amide bonds. The molecule has 0 aliphatic heterocycles. The highest BCUT2D eigenvalue weighted by Gasteiger charge is 2.26. The number of ether oxygens (including phenoxy) is 2. The van der Waals surface area contributed by atoms with Gasteiger partial charge in [0.2, 0.25) is 11.5 Å². The SMILES string of the molecule is O=C(Oc1cccc(OC(=O)c2ccc(Br)cc2)c1[N+](=O)[O-])c1ccc(Br)cc1. The van der Waals surface area contributed by atoms with Gasteiger partial charge in [0.1, 0.15) is 0 Å². The van der Waals surface area contributed by atoms with Gasteiger partial charge in [-0.05, 0) is 60.7 Å². The molecule has 0 heterocycles. The van der Waals surface area contributed by atoms with Crippen molar-refractivity contribution in [3.05, 3.63) is 96.9 Å². The van der Waals surface area contributed by atoms with Gasteiger partial charge in [0.05, 0.1) is 16.1 Å². The normalized spacial score (nSPS) is 10.3. The summed E-state index contributed by atoms with van der Waals surface area (Å²) < 4.78 is 11.9. The molecular weight excluding hydrogens is 510 g/mol. The lowest BCUT2D eigenvalue weighted by Gasteiger charge is -2.09.